The Balaban J connectivity index is 1.88. The average molecular weight is 362 g/mol. The maximum atomic E-state index is 12.3. The summed E-state index contributed by atoms with van der Waals surface area (Å²) in [6.45, 7) is 8.92. The van der Waals surface area contributed by atoms with E-state index in [1.807, 2.05) is 43.5 Å². The molecule has 0 fully saturated rings. The molecule has 136 valence electrons. The molecule has 3 N–H and O–H groups in total. The van der Waals surface area contributed by atoms with Gasteiger partial charge in [0.25, 0.3) is 0 Å². The molecule has 1 heterocycles. The third-order valence-electron chi connectivity index (χ3n) is 4.45. The van der Waals surface area contributed by atoms with Crippen molar-refractivity contribution in [3.63, 3.8) is 0 Å². The molecule has 1 atom stereocenters. The largest absolute Gasteiger partial charge is 0.486 e. The molecule has 1 unspecified atom stereocenters. The number of thiazole rings is 1. The normalized spacial score (nSPS) is 13.5. The van der Waals surface area contributed by atoms with Gasteiger partial charge >= 0.3 is 0 Å². The standard InChI is InChI=1S/C19H27N3O2S/c1-13(2)19(4,12-20)22-17(23)9-15-11-25-18(21-15)10-24-16-7-5-14(3)6-8-16/h5-8,11,13H,9-10,12,20H2,1-4H3,(H,22,23). The van der Waals surface area contributed by atoms with Crippen LogP contribution >= 0.6 is 11.3 Å². The zero-order valence-corrected chi connectivity index (χ0v) is 16.2. The van der Waals surface area contributed by atoms with E-state index in [4.69, 9.17) is 10.5 Å². The van der Waals surface area contributed by atoms with Gasteiger partial charge in [0.2, 0.25) is 5.91 Å². The number of hydrogen-bond acceptors (Lipinski definition) is 5. The predicted octanol–water partition coefficient (Wildman–Crippen LogP) is 3.06. The van der Waals surface area contributed by atoms with Crippen molar-refractivity contribution in [2.24, 2.45) is 11.7 Å². The lowest BCUT2D eigenvalue weighted by atomic mass is 9.88. The van der Waals surface area contributed by atoms with Gasteiger partial charge in [-0.2, -0.15) is 0 Å². The summed E-state index contributed by atoms with van der Waals surface area (Å²) in [5.41, 5.74) is 7.37. The SMILES string of the molecule is Cc1ccc(OCc2nc(CC(=O)NC(C)(CN)C(C)C)cs2)cc1. The molecule has 0 aliphatic carbocycles. The Morgan fingerprint density at radius 3 is 2.64 bits per heavy atom. The number of nitrogens with one attached hydrogen (secondary N) is 1. The summed E-state index contributed by atoms with van der Waals surface area (Å²) >= 11 is 1.50. The van der Waals surface area contributed by atoms with Crippen molar-refractivity contribution in [3.8, 4) is 5.75 Å². The minimum atomic E-state index is -0.398. The molecular weight excluding hydrogens is 334 g/mol. The summed E-state index contributed by atoms with van der Waals surface area (Å²) in [4.78, 5) is 16.8. The van der Waals surface area contributed by atoms with E-state index >= 15 is 0 Å². The van der Waals surface area contributed by atoms with Crippen molar-refractivity contribution in [3.05, 3.63) is 45.9 Å². The van der Waals surface area contributed by atoms with Crippen molar-refractivity contribution in [2.45, 2.75) is 46.3 Å². The highest BCUT2D eigenvalue weighted by Crippen LogP contribution is 2.18. The van der Waals surface area contributed by atoms with Crippen LogP contribution < -0.4 is 15.8 Å². The van der Waals surface area contributed by atoms with Crippen LogP contribution in [0, 0.1) is 12.8 Å². The highest BCUT2D eigenvalue weighted by molar-refractivity contribution is 7.09. The second-order valence-corrected chi connectivity index (χ2v) is 7.78. The molecule has 1 amide bonds. The van der Waals surface area contributed by atoms with Gasteiger partial charge in [-0.1, -0.05) is 31.5 Å². The number of carbonyl (C=O) groups excluding carboxylic acids is 1. The summed E-state index contributed by atoms with van der Waals surface area (Å²) in [5, 5.41) is 5.79. The number of aryl methyl sites for hydroxylation is 1. The Hall–Kier alpha value is -1.92. The van der Waals surface area contributed by atoms with E-state index in [-0.39, 0.29) is 18.2 Å². The first kappa shape index (κ1) is 19.4. The van der Waals surface area contributed by atoms with Crippen LogP contribution in [0.3, 0.4) is 0 Å². The van der Waals surface area contributed by atoms with Crippen LogP contribution in [0.2, 0.25) is 0 Å². The highest BCUT2D eigenvalue weighted by atomic mass is 32.1. The van der Waals surface area contributed by atoms with Crippen LogP contribution in [-0.4, -0.2) is 23.0 Å². The van der Waals surface area contributed by atoms with Gasteiger partial charge in [-0.15, -0.1) is 11.3 Å². The molecule has 6 heteroatoms. The molecule has 2 aromatic rings. The van der Waals surface area contributed by atoms with Gasteiger partial charge in [-0.3, -0.25) is 4.79 Å². The first-order chi connectivity index (χ1) is 11.8. The summed E-state index contributed by atoms with van der Waals surface area (Å²) in [7, 11) is 0. The van der Waals surface area contributed by atoms with Gasteiger partial charge in [-0.05, 0) is 31.9 Å². The lowest BCUT2D eigenvalue weighted by Gasteiger charge is -2.33. The first-order valence-electron chi connectivity index (χ1n) is 8.46. The Labute approximate surface area is 153 Å². The monoisotopic (exact) mass is 361 g/mol. The lowest BCUT2D eigenvalue weighted by Crippen LogP contribution is -2.55. The third-order valence-corrected chi connectivity index (χ3v) is 5.32. The fraction of sp³-hybridized carbons (Fsp3) is 0.474. The average Bonchev–Trinajstić information content (AvgIpc) is 3.01. The fourth-order valence-electron chi connectivity index (χ4n) is 2.23. The summed E-state index contributed by atoms with van der Waals surface area (Å²) in [5.74, 6) is 1.02. The number of nitrogens with two attached hydrogens (primary N) is 1. The van der Waals surface area contributed by atoms with Crippen LogP contribution in [0.1, 0.15) is 37.0 Å². The summed E-state index contributed by atoms with van der Waals surface area (Å²) in [6, 6.07) is 7.90. The molecule has 0 aliphatic rings. The number of aromatic nitrogens is 1. The van der Waals surface area contributed by atoms with Crippen molar-refractivity contribution in [1.82, 2.24) is 10.3 Å². The van der Waals surface area contributed by atoms with Crippen LogP contribution in [0.15, 0.2) is 29.6 Å². The second-order valence-electron chi connectivity index (χ2n) is 6.84. The van der Waals surface area contributed by atoms with E-state index in [2.05, 4.69) is 24.1 Å². The number of benzene rings is 1. The predicted molar refractivity (Wildman–Crippen MR) is 102 cm³/mol. The highest BCUT2D eigenvalue weighted by Gasteiger charge is 2.28. The molecule has 5 nitrogen and oxygen atoms in total. The van der Waals surface area contributed by atoms with Gasteiger partial charge in [0, 0.05) is 11.9 Å². The molecule has 2 rings (SSSR count). The Kier molecular flexibility index (Phi) is 6.56. The van der Waals surface area contributed by atoms with E-state index in [1.54, 1.807) is 0 Å². The third kappa shape index (κ3) is 5.54. The van der Waals surface area contributed by atoms with Crippen molar-refractivity contribution < 1.29 is 9.53 Å². The van der Waals surface area contributed by atoms with Crippen molar-refractivity contribution >= 4 is 17.2 Å². The Bertz CT molecular complexity index is 697. The Morgan fingerprint density at radius 1 is 1.36 bits per heavy atom. The van der Waals surface area contributed by atoms with Gasteiger partial charge in [0.05, 0.1) is 17.7 Å². The number of ether oxygens (including phenoxy) is 1. The molecule has 0 spiro atoms. The van der Waals surface area contributed by atoms with Crippen LogP contribution in [0.4, 0.5) is 0 Å². The molecule has 1 aromatic heterocycles. The molecule has 0 aliphatic heterocycles. The second kappa shape index (κ2) is 8.45. The lowest BCUT2D eigenvalue weighted by molar-refractivity contribution is -0.122. The topological polar surface area (TPSA) is 77.2 Å². The van der Waals surface area contributed by atoms with E-state index < -0.39 is 5.54 Å². The van der Waals surface area contributed by atoms with E-state index in [1.165, 1.54) is 16.9 Å². The molecule has 0 bridgehead atoms. The molecule has 0 saturated heterocycles. The maximum Gasteiger partial charge on any atom is 0.226 e. The van der Waals surface area contributed by atoms with Crippen LogP contribution in [0.25, 0.3) is 0 Å². The smallest absolute Gasteiger partial charge is 0.226 e. The summed E-state index contributed by atoms with van der Waals surface area (Å²) < 4.78 is 5.73. The minimum absolute atomic E-state index is 0.0575. The molecular formula is C19H27N3O2S. The van der Waals surface area contributed by atoms with Gasteiger partial charge < -0.3 is 15.8 Å². The van der Waals surface area contributed by atoms with Gasteiger partial charge in [0.1, 0.15) is 17.4 Å². The Morgan fingerprint density at radius 2 is 2.04 bits per heavy atom. The van der Waals surface area contributed by atoms with E-state index in [0.717, 1.165) is 16.5 Å². The summed E-state index contributed by atoms with van der Waals surface area (Å²) in [6.07, 6.45) is 0.253. The number of rotatable bonds is 8. The zero-order valence-electron chi connectivity index (χ0n) is 15.3. The zero-order chi connectivity index (χ0) is 18.4. The van der Waals surface area contributed by atoms with Crippen LogP contribution in [0.5, 0.6) is 5.75 Å². The number of hydrogen-bond donors (Lipinski definition) is 2. The quantitative estimate of drug-likeness (QED) is 0.757. The van der Waals surface area contributed by atoms with E-state index in [9.17, 15) is 4.79 Å². The van der Waals surface area contributed by atoms with Gasteiger partial charge in [-0.25, -0.2) is 4.98 Å². The number of carbonyl (C=O) groups is 1. The number of amides is 1. The maximum absolute atomic E-state index is 12.3. The molecule has 0 radical (unpaired) electrons. The molecule has 1 aromatic carbocycles. The van der Waals surface area contributed by atoms with Crippen LogP contribution in [-0.2, 0) is 17.8 Å². The number of nitrogens with zero attached hydrogens (tertiary/aromatic N) is 1. The van der Waals surface area contributed by atoms with Crippen molar-refractivity contribution in [2.75, 3.05) is 6.54 Å². The van der Waals surface area contributed by atoms with E-state index in [0.29, 0.717) is 13.2 Å². The van der Waals surface area contributed by atoms with Crippen molar-refractivity contribution in [1.29, 1.82) is 0 Å². The molecule has 25 heavy (non-hydrogen) atoms. The fourth-order valence-corrected chi connectivity index (χ4v) is 2.94. The first-order valence-corrected chi connectivity index (χ1v) is 9.34. The van der Waals surface area contributed by atoms with Gasteiger partial charge in [0.15, 0.2) is 0 Å². The molecule has 0 saturated carbocycles. The minimum Gasteiger partial charge on any atom is -0.486 e.